The van der Waals surface area contributed by atoms with Gasteiger partial charge in [0, 0.05) is 26.7 Å². The number of halogens is 2. The lowest BCUT2D eigenvalue weighted by Crippen LogP contribution is -2.43. The molecule has 3 nitrogen and oxygen atoms in total. The van der Waals surface area contributed by atoms with Crippen LogP contribution in [-0.4, -0.2) is 11.8 Å². The molecule has 1 saturated heterocycles. The molecule has 2 unspecified atom stereocenters. The van der Waals surface area contributed by atoms with Crippen molar-refractivity contribution in [3.8, 4) is 0 Å². The predicted molar refractivity (Wildman–Crippen MR) is 86.7 cm³/mol. The molecule has 2 heterocycles. The molecule has 0 radical (unpaired) electrons. The number of hydrogen-bond acceptors (Lipinski definition) is 3. The number of amides is 2. The van der Waals surface area contributed by atoms with Gasteiger partial charge in [-0.2, -0.15) is 0 Å². The van der Waals surface area contributed by atoms with Gasteiger partial charge < -0.3 is 0 Å². The molecule has 21 heavy (non-hydrogen) atoms. The van der Waals surface area contributed by atoms with Crippen molar-refractivity contribution in [2.24, 2.45) is 0 Å². The maximum atomic E-state index is 12.3. The van der Waals surface area contributed by atoms with Crippen LogP contribution in [0.3, 0.4) is 0 Å². The summed E-state index contributed by atoms with van der Waals surface area (Å²) in [6.45, 7) is 0. The van der Waals surface area contributed by atoms with Crippen molar-refractivity contribution < 1.29 is 9.59 Å². The molecule has 2 aromatic rings. The number of nitrogens with one attached hydrogen (secondary N) is 1. The van der Waals surface area contributed by atoms with Crippen LogP contribution in [0.1, 0.15) is 28.7 Å². The first-order valence-electron chi connectivity index (χ1n) is 6.38. The highest BCUT2D eigenvalue weighted by Gasteiger charge is 2.39. The zero-order valence-electron chi connectivity index (χ0n) is 10.8. The summed E-state index contributed by atoms with van der Waals surface area (Å²) >= 11 is 11.0. The van der Waals surface area contributed by atoms with Crippen LogP contribution < -0.4 is 5.32 Å². The largest absolute Gasteiger partial charge is 0.296 e. The lowest BCUT2D eigenvalue weighted by molar-refractivity contribution is -0.135. The van der Waals surface area contributed by atoms with Crippen LogP contribution in [0.4, 0.5) is 0 Å². The second kappa shape index (κ2) is 5.91. The van der Waals surface area contributed by atoms with E-state index in [2.05, 4.69) is 21.2 Å². The minimum absolute atomic E-state index is 0.151. The molecule has 3 rings (SSSR count). The fourth-order valence-corrected chi connectivity index (χ4v) is 4.57. The number of hydrogen-bond donors (Lipinski definition) is 1. The number of carbonyl (C=O) groups excluding carboxylic acids is 2. The summed E-state index contributed by atoms with van der Waals surface area (Å²) < 4.78 is 0.943. The average Bonchev–Trinajstić information content (AvgIpc) is 2.85. The van der Waals surface area contributed by atoms with Gasteiger partial charge in [0.2, 0.25) is 11.8 Å². The molecule has 108 valence electrons. The highest BCUT2D eigenvalue weighted by Crippen LogP contribution is 2.43. The maximum absolute atomic E-state index is 12.3. The first-order valence-corrected chi connectivity index (χ1v) is 8.43. The smallest absolute Gasteiger partial charge is 0.234 e. The van der Waals surface area contributed by atoms with E-state index in [4.69, 9.17) is 11.6 Å². The molecule has 6 heteroatoms. The Kier molecular flexibility index (Phi) is 4.15. The van der Waals surface area contributed by atoms with E-state index in [0.717, 1.165) is 14.9 Å². The van der Waals surface area contributed by atoms with Gasteiger partial charge in [-0.05, 0) is 45.1 Å². The highest BCUT2D eigenvalue weighted by molar-refractivity contribution is 9.10. The molecule has 0 aliphatic carbocycles. The van der Waals surface area contributed by atoms with Gasteiger partial charge in [-0.3, -0.25) is 14.9 Å². The Hall–Kier alpha value is -1.17. The summed E-state index contributed by atoms with van der Waals surface area (Å²) in [5.74, 6) is -1.01. The fourth-order valence-electron chi connectivity index (χ4n) is 2.63. The Labute approximate surface area is 139 Å². The minimum Gasteiger partial charge on any atom is -0.296 e. The lowest BCUT2D eigenvalue weighted by atomic mass is 9.79. The summed E-state index contributed by atoms with van der Waals surface area (Å²) in [5, 5.41) is 5.01. The van der Waals surface area contributed by atoms with Gasteiger partial charge in [0.1, 0.15) is 0 Å². The van der Waals surface area contributed by atoms with Crippen molar-refractivity contribution in [3.05, 3.63) is 55.6 Å². The number of rotatable bonds is 2. The van der Waals surface area contributed by atoms with Crippen LogP contribution in [0, 0.1) is 0 Å². The van der Waals surface area contributed by atoms with E-state index in [1.807, 2.05) is 23.6 Å². The van der Waals surface area contributed by atoms with Gasteiger partial charge in [-0.25, -0.2) is 0 Å². The average molecular weight is 385 g/mol. The van der Waals surface area contributed by atoms with Gasteiger partial charge in [0.25, 0.3) is 0 Å². The zero-order chi connectivity index (χ0) is 15.0. The highest BCUT2D eigenvalue weighted by atomic mass is 79.9. The Morgan fingerprint density at radius 3 is 2.52 bits per heavy atom. The number of piperidine rings is 1. The lowest BCUT2D eigenvalue weighted by Gasteiger charge is -2.30. The van der Waals surface area contributed by atoms with Crippen molar-refractivity contribution >= 4 is 50.7 Å². The Bertz CT molecular complexity index is 698. The molecule has 2 amide bonds. The fraction of sp³-hybridized carbons (Fsp3) is 0.200. The molecule has 0 saturated carbocycles. The van der Waals surface area contributed by atoms with Gasteiger partial charge in [-0.1, -0.05) is 23.7 Å². The third kappa shape index (κ3) is 2.91. The molecule has 0 spiro atoms. The molecule has 1 fully saturated rings. The zero-order valence-corrected chi connectivity index (χ0v) is 14.0. The number of imide groups is 1. The second-order valence-corrected chi connectivity index (χ2v) is 7.12. The van der Waals surface area contributed by atoms with Crippen molar-refractivity contribution in [1.29, 1.82) is 0 Å². The maximum Gasteiger partial charge on any atom is 0.234 e. The molecule has 1 aliphatic heterocycles. The third-order valence-electron chi connectivity index (χ3n) is 3.56. The summed E-state index contributed by atoms with van der Waals surface area (Å²) in [5.41, 5.74) is 0.870. The molecule has 1 N–H and O–H groups in total. The molecular weight excluding hydrogens is 374 g/mol. The first kappa shape index (κ1) is 14.8. The van der Waals surface area contributed by atoms with Crippen LogP contribution in [-0.2, 0) is 9.59 Å². The summed E-state index contributed by atoms with van der Waals surface area (Å²) in [6.07, 6.45) is 0.304. The van der Waals surface area contributed by atoms with Gasteiger partial charge in [0.05, 0.1) is 5.92 Å². The van der Waals surface area contributed by atoms with E-state index in [-0.39, 0.29) is 23.7 Å². The quantitative estimate of drug-likeness (QED) is 0.793. The number of carbonyl (C=O) groups is 2. The predicted octanol–water partition coefficient (Wildman–Crippen LogP) is 4.08. The van der Waals surface area contributed by atoms with Crippen LogP contribution in [0.25, 0.3) is 0 Å². The molecule has 2 atom stereocenters. The molecule has 1 aromatic carbocycles. The van der Waals surface area contributed by atoms with Gasteiger partial charge in [-0.15, -0.1) is 11.3 Å². The summed E-state index contributed by atoms with van der Waals surface area (Å²) in [7, 11) is 0. The van der Waals surface area contributed by atoms with Crippen LogP contribution in [0.15, 0.2) is 40.2 Å². The van der Waals surface area contributed by atoms with E-state index in [9.17, 15) is 9.59 Å². The number of thiophene rings is 1. The van der Waals surface area contributed by atoms with E-state index >= 15 is 0 Å². The Morgan fingerprint density at radius 2 is 1.90 bits per heavy atom. The second-order valence-electron chi connectivity index (χ2n) is 4.89. The van der Waals surface area contributed by atoms with Crippen LogP contribution in [0.2, 0.25) is 5.02 Å². The monoisotopic (exact) mass is 383 g/mol. The summed E-state index contributed by atoms with van der Waals surface area (Å²) in [4.78, 5) is 25.1. The molecule has 0 bridgehead atoms. The van der Waals surface area contributed by atoms with E-state index in [0.29, 0.717) is 11.4 Å². The van der Waals surface area contributed by atoms with E-state index in [1.165, 1.54) is 0 Å². The molecular formula is C15H11BrClNO2S. The SMILES string of the molecule is O=C1CC(c2sccc2Br)C(c2ccc(Cl)cc2)C(=O)N1. The third-order valence-corrected chi connectivity index (χ3v) is 5.82. The normalized spacial score (nSPS) is 22.2. The van der Waals surface area contributed by atoms with Gasteiger partial charge in [0.15, 0.2) is 0 Å². The van der Waals surface area contributed by atoms with Crippen molar-refractivity contribution in [1.82, 2.24) is 5.32 Å². The van der Waals surface area contributed by atoms with Crippen molar-refractivity contribution in [2.45, 2.75) is 18.3 Å². The molecule has 1 aromatic heterocycles. The molecule has 1 aliphatic rings. The van der Waals surface area contributed by atoms with Crippen LogP contribution >= 0.6 is 38.9 Å². The van der Waals surface area contributed by atoms with Gasteiger partial charge >= 0.3 is 0 Å². The van der Waals surface area contributed by atoms with E-state index in [1.54, 1.807) is 23.5 Å². The first-order chi connectivity index (χ1) is 10.1. The Morgan fingerprint density at radius 1 is 1.19 bits per heavy atom. The Balaban J connectivity index is 2.05. The van der Waals surface area contributed by atoms with Crippen molar-refractivity contribution in [2.75, 3.05) is 0 Å². The van der Waals surface area contributed by atoms with Crippen LogP contribution in [0.5, 0.6) is 0 Å². The standard InChI is InChI=1S/C15H11BrClNO2S/c16-11-5-6-21-14(11)10-7-12(19)18-15(20)13(10)8-1-3-9(17)4-2-8/h1-6,10,13H,7H2,(H,18,19,20). The van der Waals surface area contributed by atoms with Crippen molar-refractivity contribution in [3.63, 3.8) is 0 Å². The topological polar surface area (TPSA) is 46.2 Å². The summed E-state index contributed by atoms with van der Waals surface area (Å²) in [6, 6.07) is 9.16. The minimum atomic E-state index is -0.380. The van der Waals surface area contributed by atoms with E-state index < -0.39 is 0 Å². The number of benzene rings is 1.